The predicted octanol–water partition coefficient (Wildman–Crippen LogP) is 6.60. The van der Waals surface area contributed by atoms with Crippen molar-refractivity contribution in [2.75, 3.05) is 0 Å². The van der Waals surface area contributed by atoms with E-state index in [1.165, 1.54) is 16.5 Å². The molecule has 0 aliphatic heterocycles. The van der Waals surface area contributed by atoms with Crippen LogP contribution in [0.15, 0.2) is 59.1 Å². The lowest BCUT2D eigenvalue weighted by Crippen LogP contribution is -1.90. The number of hydrogen-bond donors (Lipinski definition) is 0. The average molecular weight is 406 g/mol. The third-order valence-corrected chi connectivity index (χ3v) is 4.94. The van der Waals surface area contributed by atoms with Crippen molar-refractivity contribution in [1.82, 2.24) is 0 Å². The van der Waals surface area contributed by atoms with Crippen LogP contribution in [0.3, 0.4) is 0 Å². The molecule has 0 saturated heterocycles. The Labute approximate surface area is 141 Å². The van der Waals surface area contributed by atoms with Gasteiger partial charge in [-0.25, -0.2) is 0 Å². The molecule has 106 valence electrons. The highest BCUT2D eigenvalue weighted by atomic mass is 79.9. The predicted molar refractivity (Wildman–Crippen MR) is 95.5 cm³/mol. The maximum absolute atomic E-state index is 6.04. The third-order valence-electron chi connectivity index (χ3n) is 3.51. The Morgan fingerprint density at radius 2 is 1.81 bits per heavy atom. The highest BCUT2D eigenvalue weighted by Gasteiger charge is 2.08. The first-order valence-corrected chi connectivity index (χ1v) is 8.61. The van der Waals surface area contributed by atoms with Crippen molar-refractivity contribution >= 4 is 42.6 Å². The SMILES string of the molecule is Cc1cc(Oc2ccc3ccccc3c2Br)ccc1CBr. The molecule has 0 aliphatic rings. The van der Waals surface area contributed by atoms with E-state index in [0.717, 1.165) is 26.7 Å². The summed E-state index contributed by atoms with van der Waals surface area (Å²) >= 11 is 7.14. The molecular weight excluding hydrogens is 392 g/mol. The summed E-state index contributed by atoms with van der Waals surface area (Å²) in [6.07, 6.45) is 0. The Morgan fingerprint density at radius 3 is 2.57 bits per heavy atom. The van der Waals surface area contributed by atoms with Crippen LogP contribution >= 0.6 is 31.9 Å². The minimum Gasteiger partial charge on any atom is -0.456 e. The number of alkyl halides is 1. The molecule has 0 heterocycles. The van der Waals surface area contributed by atoms with E-state index >= 15 is 0 Å². The lowest BCUT2D eigenvalue weighted by molar-refractivity contribution is 0.480. The zero-order valence-corrected chi connectivity index (χ0v) is 14.7. The normalized spacial score (nSPS) is 10.8. The topological polar surface area (TPSA) is 9.23 Å². The molecule has 0 fully saturated rings. The Kier molecular flexibility index (Phi) is 4.32. The van der Waals surface area contributed by atoms with Gasteiger partial charge in [-0.2, -0.15) is 0 Å². The summed E-state index contributed by atoms with van der Waals surface area (Å²) in [6, 6.07) is 18.5. The fraction of sp³-hybridized carbons (Fsp3) is 0.111. The molecule has 0 bridgehead atoms. The van der Waals surface area contributed by atoms with Gasteiger partial charge < -0.3 is 4.74 Å². The van der Waals surface area contributed by atoms with Gasteiger partial charge in [-0.1, -0.05) is 52.3 Å². The second kappa shape index (κ2) is 6.20. The van der Waals surface area contributed by atoms with Crippen molar-refractivity contribution in [2.45, 2.75) is 12.3 Å². The van der Waals surface area contributed by atoms with E-state index in [-0.39, 0.29) is 0 Å². The van der Waals surface area contributed by atoms with Crippen LogP contribution in [0.1, 0.15) is 11.1 Å². The third kappa shape index (κ3) is 2.99. The monoisotopic (exact) mass is 404 g/mol. The van der Waals surface area contributed by atoms with Gasteiger partial charge in [-0.05, 0) is 63.0 Å². The second-order valence-electron chi connectivity index (χ2n) is 4.92. The van der Waals surface area contributed by atoms with E-state index in [1.807, 2.05) is 24.3 Å². The summed E-state index contributed by atoms with van der Waals surface area (Å²) in [4.78, 5) is 0. The van der Waals surface area contributed by atoms with E-state index < -0.39 is 0 Å². The Bertz CT molecular complexity index is 796. The fourth-order valence-corrected chi connectivity index (χ4v) is 3.50. The largest absolute Gasteiger partial charge is 0.456 e. The first kappa shape index (κ1) is 14.6. The van der Waals surface area contributed by atoms with Crippen molar-refractivity contribution < 1.29 is 4.74 Å². The number of rotatable bonds is 3. The molecule has 0 amide bonds. The first-order valence-electron chi connectivity index (χ1n) is 6.69. The first-order chi connectivity index (χ1) is 10.2. The van der Waals surface area contributed by atoms with Crippen LogP contribution in [-0.2, 0) is 5.33 Å². The van der Waals surface area contributed by atoms with E-state index in [9.17, 15) is 0 Å². The van der Waals surface area contributed by atoms with Gasteiger partial charge in [0.25, 0.3) is 0 Å². The van der Waals surface area contributed by atoms with E-state index in [2.05, 4.69) is 69.1 Å². The number of ether oxygens (including phenoxy) is 1. The molecule has 3 aromatic rings. The summed E-state index contributed by atoms with van der Waals surface area (Å²) in [5, 5.41) is 3.21. The van der Waals surface area contributed by atoms with Crippen LogP contribution in [0.4, 0.5) is 0 Å². The molecule has 0 radical (unpaired) electrons. The van der Waals surface area contributed by atoms with Crippen molar-refractivity contribution in [3.05, 3.63) is 70.2 Å². The molecule has 3 heteroatoms. The number of hydrogen-bond acceptors (Lipinski definition) is 1. The molecular formula is C18H14Br2O. The minimum atomic E-state index is 0.833. The highest BCUT2D eigenvalue weighted by Crippen LogP contribution is 2.36. The molecule has 0 aromatic heterocycles. The molecule has 0 saturated carbocycles. The van der Waals surface area contributed by atoms with Gasteiger partial charge in [0.2, 0.25) is 0 Å². The molecule has 21 heavy (non-hydrogen) atoms. The number of fused-ring (bicyclic) bond motifs is 1. The summed E-state index contributed by atoms with van der Waals surface area (Å²) in [6.45, 7) is 2.10. The average Bonchev–Trinajstić information content (AvgIpc) is 2.51. The van der Waals surface area contributed by atoms with Gasteiger partial charge in [0.05, 0.1) is 4.47 Å². The molecule has 3 rings (SSSR count). The van der Waals surface area contributed by atoms with Gasteiger partial charge >= 0.3 is 0 Å². The fourth-order valence-electron chi connectivity index (χ4n) is 2.30. The smallest absolute Gasteiger partial charge is 0.142 e. The number of benzene rings is 3. The van der Waals surface area contributed by atoms with Gasteiger partial charge in [0, 0.05) is 5.33 Å². The lowest BCUT2D eigenvalue weighted by Gasteiger charge is -2.11. The van der Waals surface area contributed by atoms with Gasteiger partial charge in [0.15, 0.2) is 0 Å². The Hall–Kier alpha value is -1.32. The summed E-state index contributed by atoms with van der Waals surface area (Å²) < 4.78 is 7.02. The van der Waals surface area contributed by atoms with Gasteiger partial charge in [0.1, 0.15) is 11.5 Å². The van der Waals surface area contributed by atoms with Crippen LogP contribution in [0.25, 0.3) is 10.8 Å². The minimum absolute atomic E-state index is 0.833. The molecule has 1 nitrogen and oxygen atoms in total. The summed E-state index contributed by atoms with van der Waals surface area (Å²) in [5.74, 6) is 1.69. The highest BCUT2D eigenvalue weighted by molar-refractivity contribution is 9.10. The quantitative estimate of drug-likeness (QED) is 0.446. The summed E-state index contributed by atoms with van der Waals surface area (Å²) in [7, 11) is 0. The van der Waals surface area contributed by atoms with Crippen molar-refractivity contribution in [2.24, 2.45) is 0 Å². The maximum atomic E-state index is 6.04. The molecule has 0 spiro atoms. The van der Waals surface area contributed by atoms with Crippen molar-refractivity contribution in [3.8, 4) is 11.5 Å². The second-order valence-corrected chi connectivity index (χ2v) is 6.28. The Balaban J connectivity index is 1.98. The van der Waals surface area contributed by atoms with E-state index in [4.69, 9.17) is 4.74 Å². The summed E-state index contributed by atoms with van der Waals surface area (Å²) in [5.41, 5.74) is 2.50. The van der Waals surface area contributed by atoms with Crippen LogP contribution in [0, 0.1) is 6.92 Å². The van der Waals surface area contributed by atoms with E-state index in [0.29, 0.717) is 0 Å². The molecule has 0 unspecified atom stereocenters. The molecule has 0 N–H and O–H groups in total. The molecule has 0 atom stereocenters. The molecule has 0 aliphatic carbocycles. The van der Waals surface area contributed by atoms with Crippen LogP contribution < -0.4 is 4.74 Å². The van der Waals surface area contributed by atoms with Gasteiger partial charge in [-0.3, -0.25) is 0 Å². The van der Waals surface area contributed by atoms with Crippen LogP contribution in [-0.4, -0.2) is 0 Å². The number of aryl methyl sites for hydroxylation is 1. The molecule has 3 aromatic carbocycles. The van der Waals surface area contributed by atoms with Crippen molar-refractivity contribution in [3.63, 3.8) is 0 Å². The standard InChI is InChI=1S/C18H14Br2O/c1-12-10-15(8-6-14(12)11-19)21-17-9-7-13-4-2-3-5-16(13)18(17)20/h2-10H,11H2,1H3. The van der Waals surface area contributed by atoms with E-state index in [1.54, 1.807) is 0 Å². The zero-order valence-electron chi connectivity index (χ0n) is 11.6. The lowest BCUT2D eigenvalue weighted by atomic mass is 10.1. The number of halogens is 2. The van der Waals surface area contributed by atoms with Crippen LogP contribution in [0.5, 0.6) is 11.5 Å². The van der Waals surface area contributed by atoms with Gasteiger partial charge in [-0.15, -0.1) is 0 Å². The van der Waals surface area contributed by atoms with Crippen molar-refractivity contribution in [1.29, 1.82) is 0 Å². The zero-order chi connectivity index (χ0) is 14.8. The maximum Gasteiger partial charge on any atom is 0.142 e. The Morgan fingerprint density at radius 1 is 1.00 bits per heavy atom. The van der Waals surface area contributed by atoms with Crippen LogP contribution in [0.2, 0.25) is 0 Å².